The highest BCUT2D eigenvalue weighted by molar-refractivity contribution is 7.46. The molecule has 2 N–H and O–H groups in total. The van der Waals surface area contributed by atoms with Crippen LogP contribution in [-0.2, 0) is 28.2 Å². The quantitative estimate of drug-likeness (QED) is 0.0325. The summed E-state index contributed by atoms with van der Waals surface area (Å²) < 4.78 is 26.2. The zero-order valence-electron chi connectivity index (χ0n) is 27.6. The Morgan fingerprint density at radius 3 is 1.44 bits per heavy atom. The highest BCUT2D eigenvalue weighted by atomic mass is 31.2. The van der Waals surface area contributed by atoms with Gasteiger partial charge in [-0.25, -0.2) is 4.57 Å². The molecule has 0 aliphatic carbocycles. The van der Waals surface area contributed by atoms with E-state index in [4.69, 9.17) is 19.3 Å². The normalized spacial score (nSPS) is 12.6. The number of allylic oxidation sites excluding steroid dienone is 2. The topological polar surface area (TPSA) is 119 Å². The van der Waals surface area contributed by atoms with E-state index in [1.54, 1.807) is 0 Å². The van der Waals surface area contributed by atoms with E-state index in [0.717, 1.165) is 51.4 Å². The second-order valence-electron chi connectivity index (χ2n) is 11.8. The van der Waals surface area contributed by atoms with Gasteiger partial charge >= 0.3 is 19.8 Å². The number of phosphoric acid groups is 1. The minimum Gasteiger partial charge on any atom is -0.462 e. The molecule has 0 aromatic rings. The lowest BCUT2D eigenvalue weighted by molar-refractivity contribution is -0.161. The van der Waals surface area contributed by atoms with Crippen LogP contribution in [0, 0.1) is 0 Å². The molecule has 0 aromatic heterocycles. The predicted molar refractivity (Wildman–Crippen MR) is 175 cm³/mol. The van der Waals surface area contributed by atoms with Crippen molar-refractivity contribution in [1.29, 1.82) is 0 Å². The third-order valence-electron chi connectivity index (χ3n) is 7.53. The van der Waals surface area contributed by atoms with Crippen molar-refractivity contribution in [1.82, 2.24) is 0 Å². The maximum absolute atomic E-state index is 12.3. The molecule has 0 rings (SSSR count). The molecule has 43 heavy (non-hydrogen) atoms. The number of carbonyl (C=O) groups is 2. The third-order valence-corrected chi connectivity index (χ3v) is 8.02. The summed E-state index contributed by atoms with van der Waals surface area (Å²) >= 11 is 0. The van der Waals surface area contributed by atoms with Crippen molar-refractivity contribution in [3.8, 4) is 0 Å². The number of carbonyl (C=O) groups excluding carboxylic acids is 2. The Balaban J connectivity index is 3.96. The van der Waals surface area contributed by atoms with Crippen LogP contribution in [0.15, 0.2) is 12.2 Å². The summed E-state index contributed by atoms with van der Waals surface area (Å²) in [5.74, 6) is -0.887. The molecule has 9 heteroatoms. The first-order valence-electron chi connectivity index (χ1n) is 17.5. The first-order chi connectivity index (χ1) is 20.8. The van der Waals surface area contributed by atoms with Crippen LogP contribution in [0.1, 0.15) is 174 Å². The van der Waals surface area contributed by atoms with Gasteiger partial charge in [0.25, 0.3) is 0 Å². The zero-order valence-corrected chi connectivity index (χ0v) is 28.5. The maximum Gasteiger partial charge on any atom is 0.469 e. The molecule has 0 bridgehead atoms. The van der Waals surface area contributed by atoms with Crippen molar-refractivity contribution in [2.75, 3.05) is 13.2 Å². The lowest BCUT2D eigenvalue weighted by Gasteiger charge is -2.18. The standard InChI is InChI=1S/C34H65O8P/c1-3-5-7-9-11-13-15-16-17-18-19-21-22-24-26-28-33(35)40-30-32(31-41-43(37,38)39)42-34(36)29-27-25-23-20-14-12-10-8-6-4-2/h13,15,32H,3-12,14,16-31H2,1-2H3,(H2,37,38,39)/b15-13+/t32-/m1/s1. The smallest absolute Gasteiger partial charge is 0.462 e. The van der Waals surface area contributed by atoms with Crippen molar-refractivity contribution in [3.63, 3.8) is 0 Å². The number of hydrogen-bond acceptors (Lipinski definition) is 6. The summed E-state index contributed by atoms with van der Waals surface area (Å²) in [6, 6.07) is 0. The van der Waals surface area contributed by atoms with E-state index >= 15 is 0 Å². The minimum absolute atomic E-state index is 0.215. The summed E-state index contributed by atoms with van der Waals surface area (Å²) in [4.78, 5) is 42.5. The monoisotopic (exact) mass is 632 g/mol. The molecular weight excluding hydrogens is 567 g/mol. The Labute approximate surface area is 263 Å². The number of unbranched alkanes of at least 4 members (excludes halogenated alkanes) is 20. The molecule has 0 fully saturated rings. The van der Waals surface area contributed by atoms with Crippen molar-refractivity contribution >= 4 is 19.8 Å². The molecule has 0 spiro atoms. The van der Waals surface area contributed by atoms with Crippen LogP contribution in [0.25, 0.3) is 0 Å². The van der Waals surface area contributed by atoms with Crippen LogP contribution in [-0.4, -0.2) is 41.0 Å². The van der Waals surface area contributed by atoms with Gasteiger partial charge in [0.2, 0.25) is 0 Å². The van der Waals surface area contributed by atoms with Gasteiger partial charge < -0.3 is 19.3 Å². The number of hydrogen-bond donors (Lipinski definition) is 2. The molecule has 0 aliphatic rings. The largest absolute Gasteiger partial charge is 0.469 e. The van der Waals surface area contributed by atoms with Crippen LogP contribution < -0.4 is 0 Å². The average molecular weight is 633 g/mol. The van der Waals surface area contributed by atoms with Gasteiger partial charge in [-0.05, 0) is 38.5 Å². The molecule has 0 aliphatic heterocycles. The summed E-state index contributed by atoms with van der Waals surface area (Å²) in [6.07, 6.45) is 30.8. The first-order valence-corrected chi connectivity index (χ1v) is 19.0. The van der Waals surface area contributed by atoms with Crippen molar-refractivity contribution < 1.29 is 37.9 Å². The molecule has 0 saturated carbocycles. The van der Waals surface area contributed by atoms with E-state index in [2.05, 4.69) is 30.5 Å². The number of ether oxygens (including phenoxy) is 2. The highest BCUT2D eigenvalue weighted by Gasteiger charge is 2.22. The fourth-order valence-electron chi connectivity index (χ4n) is 4.90. The number of rotatable bonds is 32. The van der Waals surface area contributed by atoms with Crippen LogP contribution in [0.3, 0.4) is 0 Å². The van der Waals surface area contributed by atoms with E-state index < -0.39 is 32.5 Å². The van der Waals surface area contributed by atoms with Gasteiger partial charge in [0.15, 0.2) is 6.10 Å². The van der Waals surface area contributed by atoms with E-state index in [1.807, 2.05) is 0 Å². The van der Waals surface area contributed by atoms with E-state index in [0.29, 0.717) is 6.42 Å². The second-order valence-corrected chi connectivity index (χ2v) is 13.1. The van der Waals surface area contributed by atoms with Gasteiger partial charge in [-0.15, -0.1) is 0 Å². The Kier molecular flexibility index (Phi) is 29.9. The van der Waals surface area contributed by atoms with Gasteiger partial charge in [0.05, 0.1) is 6.61 Å². The van der Waals surface area contributed by atoms with Crippen molar-refractivity contribution in [3.05, 3.63) is 12.2 Å². The minimum atomic E-state index is -4.74. The number of esters is 2. The Morgan fingerprint density at radius 1 is 0.581 bits per heavy atom. The zero-order chi connectivity index (χ0) is 31.9. The summed E-state index contributed by atoms with van der Waals surface area (Å²) in [7, 11) is -4.74. The van der Waals surface area contributed by atoms with Gasteiger partial charge in [-0.2, -0.15) is 0 Å². The maximum atomic E-state index is 12.3. The van der Waals surface area contributed by atoms with E-state index in [1.165, 1.54) is 89.9 Å². The third kappa shape index (κ3) is 33.5. The molecule has 0 aromatic carbocycles. The first kappa shape index (κ1) is 41.8. The molecular formula is C34H65O8P. The number of phosphoric ester groups is 1. The van der Waals surface area contributed by atoms with Crippen molar-refractivity contribution in [2.45, 2.75) is 180 Å². The van der Waals surface area contributed by atoms with E-state index in [-0.39, 0.29) is 19.4 Å². The molecule has 0 unspecified atom stereocenters. The van der Waals surface area contributed by atoms with Crippen LogP contribution in [0.2, 0.25) is 0 Å². The highest BCUT2D eigenvalue weighted by Crippen LogP contribution is 2.36. The summed E-state index contributed by atoms with van der Waals surface area (Å²) in [5.41, 5.74) is 0. The van der Waals surface area contributed by atoms with Gasteiger partial charge in [0.1, 0.15) is 6.61 Å². The van der Waals surface area contributed by atoms with Crippen LogP contribution in [0.4, 0.5) is 0 Å². The molecule has 0 amide bonds. The Hall–Kier alpha value is -1.21. The Bertz CT molecular complexity index is 721. The Morgan fingerprint density at radius 2 is 0.977 bits per heavy atom. The molecule has 0 radical (unpaired) electrons. The van der Waals surface area contributed by atoms with Gasteiger partial charge in [0, 0.05) is 12.8 Å². The van der Waals surface area contributed by atoms with Crippen LogP contribution >= 0.6 is 7.82 Å². The lowest BCUT2D eigenvalue weighted by Crippen LogP contribution is -2.29. The summed E-state index contributed by atoms with van der Waals surface area (Å²) in [5, 5.41) is 0. The van der Waals surface area contributed by atoms with Gasteiger partial charge in [-0.3, -0.25) is 14.1 Å². The average Bonchev–Trinajstić information content (AvgIpc) is 2.97. The molecule has 0 heterocycles. The van der Waals surface area contributed by atoms with Crippen molar-refractivity contribution in [2.24, 2.45) is 0 Å². The SMILES string of the molecule is CCCCCC/C=C/CCCCCCCCCC(=O)OC[C@H](COP(=O)(O)O)OC(=O)CCCCCCCCCCCC. The molecule has 1 atom stereocenters. The fraction of sp³-hybridized carbons (Fsp3) is 0.882. The summed E-state index contributed by atoms with van der Waals surface area (Å²) in [6.45, 7) is 3.64. The molecule has 254 valence electrons. The lowest BCUT2D eigenvalue weighted by atomic mass is 10.1. The van der Waals surface area contributed by atoms with Crippen LogP contribution in [0.5, 0.6) is 0 Å². The predicted octanol–water partition coefficient (Wildman–Crippen LogP) is 9.90. The van der Waals surface area contributed by atoms with Gasteiger partial charge in [-0.1, -0.05) is 135 Å². The second kappa shape index (κ2) is 30.8. The van der Waals surface area contributed by atoms with E-state index in [9.17, 15) is 14.2 Å². The fourth-order valence-corrected chi connectivity index (χ4v) is 5.26. The molecule has 8 nitrogen and oxygen atoms in total. The molecule has 0 saturated heterocycles.